The number of rotatable bonds is 61. The van der Waals surface area contributed by atoms with Gasteiger partial charge in [-0.2, -0.15) is 0 Å². The zero-order chi connectivity index (χ0) is 64.5. The minimum absolute atomic E-state index is 0.246. The van der Waals surface area contributed by atoms with E-state index in [0.29, 0.717) is 12.8 Å². The molecule has 0 aromatic rings. The van der Waals surface area contributed by atoms with E-state index in [4.69, 9.17) is 18.9 Å². The van der Waals surface area contributed by atoms with Crippen LogP contribution in [-0.2, 0) is 23.7 Å². The molecular formula is C75H137NO13. The van der Waals surface area contributed by atoms with Crippen LogP contribution >= 0.6 is 0 Å². The van der Waals surface area contributed by atoms with E-state index in [1.807, 2.05) is 6.08 Å². The molecule has 1 amide bonds. The zero-order valence-electron chi connectivity index (χ0n) is 56.7. The number of hydrogen-bond acceptors (Lipinski definition) is 13. The van der Waals surface area contributed by atoms with Gasteiger partial charge in [-0.1, -0.05) is 299 Å². The summed E-state index contributed by atoms with van der Waals surface area (Å²) >= 11 is 0. The predicted molar refractivity (Wildman–Crippen MR) is 364 cm³/mol. The maximum Gasteiger partial charge on any atom is 0.220 e. The molecule has 2 aliphatic rings. The average molecular weight is 1260 g/mol. The van der Waals surface area contributed by atoms with E-state index in [2.05, 4.69) is 67.8 Å². The van der Waals surface area contributed by atoms with Gasteiger partial charge in [0.2, 0.25) is 5.91 Å². The summed E-state index contributed by atoms with van der Waals surface area (Å²) in [6.45, 7) is 2.81. The first-order valence-electron chi connectivity index (χ1n) is 37.0. The molecule has 0 saturated carbocycles. The van der Waals surface area contributed by atoms with Gasteiger partial charge in [0.15, 0.2) is 12.6 Å². The topological polar surface area (TPSA) is 228 Å². The van der Waals surface area contributed by atoms with Crippen LogP contribution in [0.15, 0.2) is 60.8 Å². The second-order valence-corrected chi connectivity index (χ2v) is 26.1. The van der Waals surface area contributed by atoms with Crippen molar-refractivity contribution < 1.29 is 64.6 Å². The summed E-state index contributed by atoms with van der Waals surface area (Å²) in [6.07, 6.45) is 62.8. The molecule has 2 rings (SSSR count). The van der Waals surface area contributed by atoms with Crippen LogP contribution in [0, 0.1) is 0 Å². The fraction of sp³-hybridized carbons (Fsp3) is 0.853. The molecule has 0 spiro atoms. The molecule has 2 aliphatic heterocycles. The van der Waals surface area contributed by atoms with Crippen molar-refractivity contribution in [3.8, 4) is 0 Å². The first kappa shape index (κ1) is 82.8. The SMILES string of the molecule is CCCCCCC/C=C\C/C=C\C/C=C\CCCCCCCCCCCCCCCCCCC(=O)NC(COC1OC(CO)C(OC2OC(CO)C(O)C(O)C2O)C(O)C1O)C(O)/C=C/CC/C=C/CCCCCCCCCCCCCCCCCCCC. The van der Waals surface area contributed by atoms with Gasteiger partial charge in [-0.15, -0.1) is 0 Å². The van der Waals surface area contributed by atoms with Crippen molar-refractivity contribution in [1.29, 1.82) is 0 Å². The van der Waals surface area contributed by atoms with Gasteiger partial charge in [0, 0.05) is 6.42 Å². The monoisotopic (exact) mass is 1260 g/mol. The van der Waals surface area contributed by atoms with Crippen molar-refractivity contribution in [2.24, 2.45) is 0 Å². The van der Waals surface area contributed by atoms with Crippen molar-refractivity contribution >= 4 is 5.91 Å². The van der Waals surface area contributed by atoms with Gasteiger partial charge < -0.3 is 65.1 Å². The fourth-order valence-corrected chi connectivity index (χ4v) is 12.0. The lowest BCUT2D eigenvalue weighted by Gasteiger charge is -2.46. The van der Waals surface area contributed by atoms with Crippen molar-refractivity contribution in [3.63, 3.8) is 0 Å². The molecular weight excluding hydrogens is 1120 g/mol. The Morgan fingerprint density at radius 3 is 1.18 bits per heavy atom. The molecule has 0 radical (unpaired) electrons. The Morgan fingerprint density at radius 2 is 0.753 bits per heavy atom. The highest BCUT2D eigenvalue weighted by atomic mass is 16.7. The van der Waals surface area contributed by atoms with Crippen LogP contribution in [-0.4, -0.2) is 140 Å². The number of aliphatic hydroxyl groups is 8. The first-order valence-corrected chi connectivity index (χ1v) is 37.0. The maximum atomic E-state index is 13.3. The second-order valence-electron chi connectivity index (χ2n) is 26.1. The second kappa shape index (κ2) is 59.4. The Labute approximate surface area is 543 Å². The highest BCUT2D eigenvalue weighted by Crippen LogP contribution is 2.30. The molecule has 9 N–H and O–H groups in total. The summed E-state index contributed by atoms with van der Waals surface area (Å²) in [5.41, 5.74) is 0. The quantitative estimate of drug-likeness (QED) is 0.0204. The highest BCUT2D eigenvalue weighted by Gasteiger charge is 2.51. The van der Waals surface area contributed by atoms with E-state index in [-0.39, 0.29) is 18.9 Å². The van der Waals surface area contributed by atoms with E-state index in [9.17, 15) is 45.6 Å². The molecule has 2 fully saturated rings. The highest BCUT2D eigenvalue weighted by molar-refractivity contribution is 5.76. The summed E-state index contributed by atoms with van der Waals surface area (Å²) in [5, 5.41) is 87.5. The Balaban J connectivity index is 1.67. The third-order valence-electron chi connectivity index (χ3n) is 17.9. The Hall–Kier alpha value is -2.31. The lowest BCUT2D eigenvalue weighted by Crippen LogP contribution is -2.65. The van der Waals surface area contributed by atoms with Crippen LogP contribution < -0.4 is 5.32 Å². The van der Waals surface area contributed by atoms with Crippen molar-refractivity contribution in [3.05, 3.63) is 60.8 Å². The number of amides is 1. The molecule has 0 aromatic carbocycles. The van der Waals surface area contributed by atoms with Crippen LogP contribution in [0.5, 0.6) is 0 Å². The van der Waals surface area contributed by atoms with Gasteiger partial charge in [0.1, 0.15) is 48.8 Å². The lowest BCUT2D eigenvalue weighted by molar-refractivity contribution is -0.359. The van der Waals surface area contributed by atoms with Gasteiger partial charge in [0.05, 0.1) is 32.0 Å². The van der Waals surface area contributed by atoms with Crippen LogP contribution in [0.3, 0.4) is 0 Å². The smallest absolute Gasteiger partial charge is 0.220 e. The molecule has 0 bridgehead atoms. The summed E-state index contributed by atoms with van der Waals surface area (Å²) in [4.78, 5) is 13.3. The summed E-state index contributed by atoms with van der Waals surface area (Å²) in [5.74, 6) is -0.246. The third kappa shape index (κ3) is 43.3. The van der Waals surface area contributed by atoms with Crippen molar-refractivity contribution in [2.75, 3.05) is 19.8 Å². The van der Waals surface area contributed by atoms with E-state index >= 15 is 0 Å². The van der Waals surface area contributed by atoms with Gasteiger partial charge in [-0.3, -0.25) is 4.79 Å². The lowest BCUT2D eigenvalue weighted by atomic mass is 9.97. The van der Waals surface area contributed by atoms with Gasteiger partial charge in [-0.05, 0) is 70.6 Å². The van der Waals surface area contributed by atoms with E-state index in [1.165, 1.54) is 238 Å². The molecule has 12 unspecified atom stereocenters. The first-order chi connectivity index (χ1) is 43.6. The average Bonchev–Trinajstić information content (AvgIpc) is 2.53. The Morgan fingerprint density at radius 1 is 0.404 bits per heavy atom. The van der Waals surface area contributed by atoms with Crippen LogP contribution in [0.1, 0.15) is 316 Å². The molecule has 520 valence electrons. The zero-order valence-corrected chi connectivity index (χ0v) is 56.7. The van der Waals surface area contributed by atoms with Crippen LogP contribution in [0.4, 0.5) is 0 Å². The maximum absolute atomic E-state index is 13.3. The van der Waals surface area contributed by atoms with Gasteiger partial charge >= 0.3 is 0 Å². The number of unbranched alkanes of at least 4 members (excludes halogenated alkanes) is 40. The molecule has 89 heavy (non-hydrogen) atoms. The number of carbonyl (C=O) groups is 1. The largest absolute Gasteiger partial charge is 0.394 e. The number of nitrogens with one attached hydrogen (secondary N) is 1. The normalized spacial score (nSPS) is 23.3. The van der Waals surface area contributed by atoms with E-state index in [1.54, 1.807) is 6.08 Å². The van der Waals surface area contributed by atoms with Gasteiger partial charge in [0.25, 0.3) is 0 Å². The number of hydrogen-bond donors (Lipinski definition) is 9. The number of ether oxygens (including phenoxy) is 4. The molecule has 2 saturated heterocycles. The van der Waals surface area contributed by atoms with E-state index in [0.717, 1.165) is 44.9 Å². The Kier molecular flexibility index (Phi) is 55.3. The molecule has 12 atom stereocenters. The molecule has 0 aliphatic carbocycles. The fourth-order valence-electron chi connectivity index (χ4n) is 12.0. The third-order valence-corrected chi connectivity index (χ3v) is 17.9. The summed E-state index contributed by atoms with van der Waals surface area (Å²) in [6, 6.07) is -0.935. The molecule has 14 nitrogen and oxygen atoms in total. The Bertz CT molecular complexity index is 1720. The van der Waals surface area contributed by atoms with Gasteiger partial charge in [-0.25, -0.2) is 0 Å². The minimum Gasteiger partial charge on any atom is -0.394 e. The summed E-state index contributed by atoms with van der Waals surface area (Å²) < 4.78 is 22.9. The summed E-state index contributed by atoms with van der Waals surface area (Å²) in [7, 11) is 0. The molecule has 14 heteroatoms. The minimum atomic E-state index is -1.79. The number of allylic oxidation sites excluding steroid dienone is 9. The number of aliphatic hydroxyl groups excluding tert-OH is 8. The van der Waals surface area contributed by atoms with Crippen LogP contribution in [0.2, 0.25) is 0 Å². The van der Waals surface area contributed by atoms with Crippen molar-refractivity contribution in [2.45, 2.75) is 389 Å². The van der Waals surface area contributed by atoms with Crippen LogP contribution in [0.25, 0.3) is 0 Å². The number of carbonyl (C=O) groups excluding carboxylic acids is 1. The molecule has 0 aromatic heterocycles. The molecule has 2 heterocycles. The van der Waals surface area contributed by atoms with E-state index < -0.39 is 86.8 Å². The van der Waals surface area contributed by atoms with Crippen molar-refractivity contribution in [1.82, 2.24) is 5.32 Å². The standard InChI is InChI=1S/C75H137NO13/c1-3-5-7-9-11-13-15-17-19-21-23-25-27-29-30-31-32-33-34-35-37-39-41-43-45-47-49-51-53-55-57-59-67(80)76-63(62-86-74-72(85)70(83)73(66(61-78)88-74)89-75-71(84)69(82)68(81)65(60-77)87-75)64(79)58-56-54-52-50-48-46-44-42-40-38-36-28-26-24-22-20-18-16-14-12-10-8-6-4-2/h15,17,21,23,27,29,48,50,56,58,63-66,68-75,77-79,81-85H,3-14,16,18-20,22,24-26,28,30-47,49,51-55,57,59-62H2,1-2H3,(H,76,80)/b17-15-,23-21-,29-27-,50-48+,58-56+. The predicted octanol–water partition coefficient (Wildman–Crippen LogP) is 15.6.